The first kappa shape index (κ1) is 15.6. The molecule has 0 fully saturated rings. The lowest BCUT2D eigenvalue weighted by molar-refractivity contribution is 0.00380. The molecule has 19 heavy (non-hydrogen) atoms. The zero-order valence-corrected chi connectivity index (χ0v) is 11.2. The van der Waals surface area contributed by atoms with E-state index in [-0.39, 0.29) is 6.54 Å². The third kappa shape index (κ3) is 5.34. The van der Waals surface area contributed by atoms with Crippen molar-refractivity contribution >= 4 is 11.6 Å². The van der Waals surface area contributed by atoms with Crippen LogP contribution >= 0.6 is 0 Å². The Morgan fingerprint density at radius 3 is 2.37 bits per heavy atom. The summed E-state index contributed by atoms with van der Waals surface area (Å²) >= 11 is 0. The van der Waals surface area contributed by atoms with Crippen LogP contribution in [0.3, 0.4) is 0 Å². The second-order valence-corrected chi connectivity index (χ2v) is 4.12. The van der Waals surface area contributed by atoms with Crippen LogP contribution in [0.4, 0.5) is 20.4 Å². The topological polar surface area (TPSA) is 70.1 Å². The van der Waals surface area contributed by atoms with E-state index in [4.69, 9.17) is 5.11 Å². The van der Waals surface area contributed by atoms with Crippen molar-refractivity contribution in [3.8, 4) is 0 Å². The predicted molar refractivity (Wildman–Crippen MR) is 70.7 cm³/mol. The largest absolute Gasteiger partial charge is 0.385 e. The average molecular weight is 274 g/mol. The fourth-order valence-electron chi connectivity index (χ4n) is 1.49. The van der Waals surface area contributed by atoms with Crippen LogP contribution in [0.25, 0.3) is 0 Å². The van der Waals surface area contributed by atoms with E-state index < -0.39 is 12.5 Å². The minimum atomic E-state index is -2.77. The Hall–Kier alpha value is -1.50. The molecule has 1 atom stereocenters. The molecule has 7 heteroatoms. The Labute approximate surface area is 111 Å². The van der Waals surface area contributed by atoms with Crippen molar-refractivity contribution in [1.82, 2.24) is 9.97 Å². The normalized spacial score (nSPS) is 12.5. The zero-order chi connectivity index (χ0) is 14.3. The number of nitrogens with zero attached hydrogens (tertiary/aromatic N) is 2. The number of aryl methyl sites for hydroxylation is 1. The lowest BCUT2D eigenvalue weighted by atomic mass is 10.3. The molecule has 108 valence electrons. The maximum atomic E-state index is 12.2. The van der Waals surface area contributed by atoms with Crippen molar-refractivity contribution in [2.45, 2.75) is 39.2 Å². The van der Waals surface area contributed by atoms with Gasteiger partial charge in [-0.1, -0.05) is 6.92 Å². The summed E-state index contributed by atoms with van der Waals surface area (Å²) in [5.41, 5.74) is 0. The molecule has 0 spiro atoms. The number of aliphatic hydroxyl groups excluding tert-OH is 1. The van der Waals surface area contributed by atoms with E-state index in [0.717, 1.165) is 6.42 Å². The molecular formula is C12H20F2N4O. The van der Waals surface area contributed by atoms with Gasteiger partial charge >= 0.3 is 0 Å². The third-order valence-electron chi connectivity index (χ3n) is 2.39. The number of anilines is 2. The van der Waals surface area contributed by atoms with Crippen molar-refractivity contribution in [2.24, 2.45) is 0 Å². The zero-order valence-electron chi connectivity index (χ0n) is 11.2. The molecule has 0 radical (unpaired) electrons. The Balaban J connectivity index is 2.74. The van der Waals surface area contributed by atoms with Crippen LogP contribution in [-0.4, -0.2) is 40.7 Å². The number of hydrogen-bond acceptors (Lipinski definition) is 5. The fraction of sp³-hybridized carbons (Fsp3) is 0.667. The molecule has 1 heterocycles. The van der Waals surface area contributed by atoms with Crippen molar-refractivity contribution in [3.63, 3.8) is 0 Å². The highest BCUT2D eigenvalue weighted by molar-refractivity contribution is 5.47. The summed E-state index contributed by atoms with van der Waals surface area (Å²) in [4.78, 5) is 8.52. The molecular weight excluding hydrogens is 254 g/mol. The molecule has 0 saturated heterocycles. The highest BCUT2D eigenvalue weighted by Gasteiger charge is 2.16. The van der Waals surface area contributed by atoms with Crippen molar-refractivity contribution in [2.75, 3.05) is 23.7 Å². The van der Waals surface area contributed by atoms with E-state index in [1.165, 1.54) is 0 Å². The van der Waals surface area contributed by atoms with Gasteiger partial charge in [-0.25, -0.2) is 18.7 Å². The molecule has 0 bridgehead atoms. The molecule has 1 unspecified atom stereocenters. The monoisotopic (exact) mass is 274 g/mol. The molecule has 0 aliphatic carbocycles. The average Bonchev–Trinajstić information content (AvgIpc) is 2.36. The minimum absolute atomic E-state index is 0.244. The van der Waals surface area contributed by atoms with E-state index in [0.29, 0.717) is 30.4 Å². The van der Waals surface area contributed by atoms with E-state index in [9.17, 15) is 8.78 Å². The van der Waals surface area contributed by atoms with E-state index in [1.54, 1.807) is 6.07 Å². The number of rotatable bonds is 8. The minimum Gasteiger partial charge on any atom is -0.385 e. The maximum absolute atomic E-state index is 12.2. The van der Waals surface area contributed by atoms with Gasteiger partial charge in [-0.3, -0.25) is 0 Å². The van der Waals surface area contributed by atoms with Crippen LogP contribution in [-0.2, 0) is 6.42 Å². The Morgan fingerprint density at radius 1 is 1.21 bits per heavy atom. The smallest absolute Gasteiger partial charge is 0.265 e. The van der Waals surface area contributed by atoms with Crippen LogP contribution in [0.2, 0.25) is 0 Å². The SMILES string of the molecule is CCCc1nc(NCC)cc(NCC(O)C(F)F)n1. The molecule has 0 saturated carbocycles. The number of aromatic nitrogens is 2. The number of alkyl halides is 2. The van der Waals surface area contributed by atoms with Crippen LogP contribution in [0.1, 0.15) is 26.1 Å². The number of nitrogens with one attached hydrogen (secondary N) is 2. The highest BCUT2D eigenvalue weighted by Crippen LogP contribution is 2.13. The van der Waals surface area contributed by atoms with Crippen LogP contribution in [0, 0.1) is 0 Å². The molecule has 0 amide bonds. The van der Waals surface area contributed by atoms with Gasteiger partial charge in [0.25, 0.3) is 6.43 Å². The van der Waals surface area contributed by atoms with E-state index >= 15 is 0 Å². The summed E-state index contributed by atoms with van der Waals surface area (Å²) < 4.78 is 24.4. The van der Waals surface area contributed by atoms with Crippen LogP contribution in [0.15, 0.2) is 6.07 Å². The highest BCUT2D eigenvalue weighted by atomic mass is 19.3. The van der Waals surface area contributed by atoms with Crippen LogP contribution < -0.4 is 10.6 Å². The summed E-state index contributed by atoms with van der Waals surface area (Å²) in [5, 5.41) is 14.8. The number of aliphatic hydroxyl groups is 1. The van der Waals surface area contributed by atoms with E-state index in [1.807, 2.05) is 13.8 Å². The van der Waals surface area contributed by atoms with Gasteiger partial charge in [0.1, 0.15) is 23.6 Å². The lowest BCUT2D eigenvalue weighted by Gasteiger charge is -2.13. The Morgan fingerprint density at radius 2 is 1.84 bits per heavy atom. The Bertz CT molecular complexity index is 366. The lowest BCUT2D eigenvalue weighted by Crippen LogP contribution is -2.27. The van der Waals surface area contributed by atoms with Gasteiger partial charge in [0.2, 0.25) is 0 Å². The van der Waals surface area contributed by atoms with Gasteiger partial charge in [-0.05, 0) is 13.3 Å². The summed E-state index contributed by atoms with van der Waals surface area (Å²) in [6, 6.07) is 1.64. The van der Waals surface area contributed by atoms with E-state index in [2.05, 4.69) is 20.6 Å². The second-order valence-electron chi connectivity index (χ2n) is 4.12. The first-order valence-electron chi connectivity index (χ1n) is 6.38. The molecule has 0 aromatic carbocycles. The summed E-state index contributed by atoms with van der Waals surface area (Å²) in [6.45, 7) is 4.42. The fourth-order valence-corrected chi connectivity index (χ4v) is 1.49. The molecule has 1 rings (SSSR count). The third-order valence-corrected chi connectivity index (χ3v) is 2.39. The maximum Gasteiger partial charge on any atom is 0.265 e. The van der Waals surface area contributed by atoms with Gasteiger partial charge < -0.3 is 15.7 Å². The molecule has 1 aromatic rings. The van der Waals surface area contributed by atoms with Crippen molar-refractivity contribution in [1.29, 1.82) is 0 Å². The van der Waals surface area contributed by atoms with Crippen molar-refractivity contribution in [3.05, 3.63) is 11.9 Å². The first-order chi connectivity index (χ1) is 9.06. The van der Waals surface area contributed by atoms with Gasteiger partial charge in [-0.15, -0.1) is 0 Å². The number of halogens is 2. The van der Waals surface area contributed by atoms with Gasteiger partial charge in [-0.2, -0.15) is 0 Å². The first-order valence-corrected chi connectivity index (χ1v) is 6.38. The number of hydrogen-bond donors (Lipinski definition) is 3. The van der Waals surface area contributed by atoms with Gasteiger partial charge in [0.15, 0.2) is 0 Å². The molecule has 3 N–H and O–H groups in total. The second kappa shape index (κ2) is 7.83. The summed E-state index contributed by atoms with van der Waals surface area (Å²) in [7, 11) is 0. The van der Waals surface area contributed by atoms with Gasteiger partial charge in [0, 0.05) is 25.6 Å². The standard InChI is InChI=1S/C12H20F2N4O/c1-3-5-9-17-10(15-4-2)6-11(18-9)16-7-8(19)12(13)14/h6,8,12,19H,3-5,7H2,1-2H3,(H2,15,16,17,18). The van der Waals surface area contributed by atoms with Crippen molar-refractivity contribution < 1.29 is 13.9 Å². The van der Waals surface area contributed by atoms with Crippen LogP contribution in [0.5, 0.6) is 0 Å². The van der Waals surface area contributed by atoms with Gasteiger partial charge in [0.05, 0.1) is 0 Å². The summed E-state index contributed by atoms with van der Waals surface area (Å²) in [5.74, 6) is 1.74. The predicted octanol–water partition coefficient (Wildman–Crippen LogP) is 1.90. The molecule has 0 aliphatic heterocycles. The summed E-state index contributed by atoms with van der Waals surface area (Å²) in [6.07, 6.45) is -2.86. The quantitative estimate of drug-likeness (QED) is 0.675. The molecule has 5 nitrogen and oxygen atoms in total. The molecule has 1 aromatic heterocycles. The Kier molecular flexibility index (Phi) is 6.41. The molecule has 0 aliphatic rings.